The van der Waals surface area contributed by atoms with Crippen LogP contribution in [0.2, 0.25) is 0 Å². The zero-order chi connectivity index (χ0) is 17.6. The van der Waals surface area contributed by atoms with Gasteiger partial charge in [-0.2, -0.15) is 0 Å². The summed E-state index contributed by atoms with van der Waals surface area (Å²) in [7, 11) is 1.60. The molecule has 0 bridgehead atoms. The number of likely N-dealkylation sites (tertiary alicyclic amines) is 1. The van der Waals surface area contributed by atoms with Crippen LogP contribution in [0.3, 0.4) is 0 Å². The van der Waals surface area contributed by atoms with Crippen LogP contribution < -0.4 is 9.64 Å². The number of anilines is 1. The lowest BCUT2D eigenvalue weighted by atomic mass is 10.1. The summed E-state index contributed by atoms with van der Waals surface area (Å²) in [5.41, 5.74) is 0.681. The van der Waals surface area contributed by atoms with Crippen molar-refractivity contribution in [3.63, 3.8) is 0 Å². The monoisotopic (exact) mass is 342 g/mol. The minimum absolute atomic E-state index is 0.0731. The number of carbonyl (C=O) groups excluding carboxylic acids is 1. The van der Waals surface area contributed by atoms with Crippen molar-refractivity contribution in [1.82, 2.24) is 14.9 Å². The predicted molar refractivity (Wildman–Crippen MR) is 92.0 cm³/mol. The highest BCUT2D eigenvalue weighted by molar-refractivity contribution is 5.95. The van der Waals surface area contributed by atoms with Gasteiger partial charge < -0.3 is 19.0 Å². The van der Waals surface area contributed by atoms with Crippen molar-refractivity contribution in [3.8, 4) is 5.88 Å². The molecule has 7 heteroatoms. The van der Waals surface area contributed by atoms with Crippen molar-refractivity contribution in [2.45, 2.75) is 38.8 Å². The largest absolute Gasteiger partial charge is 0.481 e. The Hall–Kier alpha value is -2.57. The van der Waals surface area contributed by atoms with Crippen LogP contribution in [0, 0.1) is 13.8 Å². The molecular formula is C18H22N4O3. The first-order valence-corrected chi connectivity index (χ1v) is 8.59. The molecule has 132 valence electrons. The van der Waals surface area contributed by atoms with Crippen molar-refractivity contribution >= 4 is 11.7 Å². The van der Waals surface area contributed by atoms with E-state index in [9.17, 15) is 4.79 Å². The molecule has 0 spiro atoms. The summed E-state index contributed by atoms with van der Waals surface area (Å²) in [4.78, 5) is 25.7. The van der Waals surface area contributed by atoms with Gasteiger partial charge in [-0.3, -0.25) is 4.79 Å². The lowest BCUT2D eigenvalue weighted by molar-refractivity contribution is 0.0736. The Kier molecular flexibility index (Phi) is 3.86. The Labute approximate surface area is 146 Å². The number of furan rings is 1. The average Bonchev–Trinajstić information content (AvgIpc) is 3.29. The molecule has 0 radical (unpaired) electrons. The lowest BCUT2D eigenvalue weighted by Gasteiger charge is -2.26. The van der Waals surface area contributed by atoms with E-state index in [1.165, 1.54) is 6.33 Å². The number of nitrogens with zero attached hydrogens (tertiary/aromatic N) is 4. The molecule has 0 aromatic carbocycles. The van der Waals surface area contributed by atoms with E-state index in [1.54, 1.807) is 7.11 Å². The van der Waals surface area contributed by atoms with Gasteiger partial charge in [0.1, 0.15) is 23.7 Å². The van der Waals surface area contributed by atoms with E-state index in [-0.39, 0.29) is 18.0 Å². The smallest absolute Gasteiger partial charge is 0.257 e. The fourth-order valence-electron chi connectivity index (χ4n) is 4.12. The van der Waals surface area contributed by atoms with Gasteiger partial charge in [0.05, 0.1) is 24.8 Å². The second-order valence-corrected chi connectivity index (χ2v) is 6.65. The molecule has 0 unspecified atom stereocenters. The Morgan fingerprint density at radius 3 is 2.72 bits per heavy atom. The fourth-order valence-corrected chi connectivity index (χ4v) is 4.12. The van der Waals surface area contributed by atoms with Gasteiger partial charge in [-0.15, -0.1) is 0 Å². The van der Waals surface area contributed by atoms with Gasteiger partial charge in [-0.05, 0) is 32.8 Å². The van der Waals surface area contributed by atoms with E-state index >= 15 is 0 Å². The molecule has 4 rings (SSSR count). The molecule has 2 aromatic rings. The first kappa shape index (κ1) is 15.9. The number of aryl methyl sites for hydroxylation is 2. The molecule has 2 aliphatic heterocycles. The summed E-state index contributed by atoms with van der Waals surface area (Å²) in [6.07, 6.45) is 3.41. The summed E-state index contributed by atoms with van der Waals surface area (Å²) in [5.74, 6) is 2.97. The second-order valence-electron chi connectivity index (χ2n) is 6.65. The number of rotatable bonds is 3. The molecule has 1 amide bonds. The summed E-state index contributed by atoms with van der Waals surface area (Å²) >= 11 is 0. The van der Waals surface area contributed by atoms with Gasteiger partial charge in [-0.1, -0.05) is 0 Å². The molecule has 25 heavy (non-hydrogen) atoms. The molecule has 2 atom stereocenters. The van der Waals surface area contributed by atoms with Crippen LogP contribution >= 0.6 is 0 Å². The van der Waals surface area contributed by atoms with E-state index in [4.69, 9.17) is 9.15 Å². The highest BCUT2D eigenvalue weighted by atomic mass is 16.5. The number of hydrogen-bond acceptors (Lipinski definition) is 6. The average molecular weight is 342 g/mol. The molecule has 4 heterocycles. The summed E-state index contributed by atoms with van der Waals surface area (Å²) in [6, 6.07) is 4.20. The summed E-state index contributed by atoms with van der Waals surface area (Å²) < 4.78 is 10.7. The van der Waals surface area contributed by atoms with Gasteiger partial charge in [0.25, 0.3) is 5.91 Å². The lowest BCUT2D eigenvalue weighted by Crippen LogP contribution is -2.40. The third kappa shape index (κ3) is 2.63. The number of amides is 1. The Bertz CT molecular complexity index is 803. The molecule has 0 N–H and O–H groups in total. The number of hydrogen-bond donors (Lipinski definition) is 0. The first-order valence-electron chi connectivity index (χ1n) is 8.59. The molecule has 0 saturated carbocycles. The minimum atomic E-state index is 0.0731. The van der Waals surface area contributed by atoms with Crippen molar-refractivity contribution in [1.29, 1.82) is 0 Å². The van der Waals surface area contributed by atoms with Crippen LogP contribution in [-0.2, 0) is 0 Å². The van der Waals surface area contributed by atoms with Crippen molar-refractivity contribution in [3.05, 3.63) is 35.5 Å². The van der Waals surface area contributed by atoms with Crippen LogP contribution in [0.5, 0.6) is 5.88 Å². The number of ether oxygens (including phenoxy) is 1. The molecule has 2 fully saturated rings. The van der Waals surface area contributed by atoms with Gasteiger partial charge in [0.15, 0.2) is 0 Å². The molecule has 7 nitrogen and oxygen atoms in total. The van der Waals surface area contributed by atoms with Crippen LogP contribution in [0.1, 0.15) is 34.7 Å². The van der Waals surface area contributed by atoms with Crippen LogP contribution in [-0.4, -0.2) is 53.1 Å². The third-order valence-electron chi connectivity index (χ3n) is 5.24. The standard InChI is InChI=1S/C18H22N4O3/c1-11-8-13(12(2)25-11)18(23)22-7-5-14-15(22)4-6-21(14)16-9-17(24-3)20-10-19-16/h8-10,14-15H,4-7H2,1-3H3/t14-,15+/m0/s1. The molecule has 2 saturated heterocycles. The SMILES string of the molecule is COc1cc(N2CC[C@@H]3[C@@H]2CCN3C(=O)c2cc(C)oc2C)ncn1. The maximum Gasteiger partial charge on any atom is 0.257 e. The molecule has 2 aliphatic rings. The van der Waals surface area contributed by atoms with E-state index in [0.717, 1.165) is 37.5 Å². The molecule has 0 aliphatic carbocycles. The van der Waals surface area contributed by atoms with Crippen LogP contribution in [0.15, 0.2) is 22.9 Å². The Morgan fingerprint density at radius 2 is 2.00 bits per heavy atom. The molecule has 2 aromatic heterocycles. The van der Waals surface area contributed by atoms with Crippen molar-refractivity contribution in [2.75, 3.05) is 25.1 Å². The maximum atomic E-state index is 13.0. The zero-order valence-electron chi connectivity index (χ0n) is 14.7. The Morgan fingerprint density at radius 1 is 1.20 bits per heavy atom. The number of carbonyl (C=O) groups is 1. The van der Waals surface area contributed by atoms with Gasteiger partial charge >= 0.3 is 0 Å². The van der Waals surface area contributed by atoms with E-state index in [2.05, 4.69) is 14.9 Å². The van der Waals surface area contributed by atoms with Gasteiger partial charge in [-0.25, -0.2) is 9.97 Å². The van der Waals surface area contributed by atoms with Gasteiger partial charge in [0, 0.05) is 19.2 Å². The third-order valence-corrected chi connectivity index (χ3v) is 5.24. The number of fused-ring (bicyclic) bond motifs is 1. The second kappa shape index (κ2) is 6.06. The predicted octanol–water partition coefficient (Wildman–Crippen LogP) is 2.19. The van der Waals surface area contributed by atoms with E-state index < -0.39 is 0 Å². The summed E-state index contributed by atoms with van der Waals surface area (Å²) in [6.45, 7) is 5.36. The van der Waals surface area contributed by atoms with Crippen molar-refractivity contribution < 1.29 is 13.9 Å². The highest BCUT2D eigenvalue weighted by Crippen LogP contribution is 2.36. The fraction of sp³-hybridized carbons (Fsp3) is 0.500. The normalized spacial score (nSPS) is 22.4. The zero-order valence-corrected chi connectivity index (χ0v) is 14.7. The topological polar surface area (TPSA) is 71.7 Å². The number of aromatic nitrogens is 2. The first-order chi connectivity index (χ1) is 12.1. The summed E-state index contributed by atoms with van der Waals surface area (Å²) in [5, 5.41) is 0. The minimum Gasteiger partial charge on any atom is -0.481 e. The van der Waals surface area contributed by atoms with Crippen LogP contribution in [0.4, 0.5) is 5.82 Å². The van der Waals surface area contributed by atoms with Crippen LogP contribution in [0.25, 0.3) is 0 Å². The number of methoxy groups -OCH3 is 1. The van der Waals surface area contributed by atoms with E-state index in [1.807, 2.05) is 30.9 Å². The maximum absolute atomic E-state index is 13.0. The van der Waals surface area contributed by atoms with Gasteiger partial charge in [0.2, 0.25) is 5.88 Å². The quantitative estimate of drug-likeness (QED) is 0.851. The Balaban J connectivity index is 1.55. The van der Waals surface area contributed by atoms with Crippen molar-refractivity contribution in [2.24, 2.45) is 0 Å². The van der Waals surface area contributed by atoms with E-state index in [0.29, 0.717) is 17.2 Å². The highest BCUT2D eigenvalue weighted by Gasteiger charge is 2.45. The molecular weight excluding hydrogens is 320 g/mol.